The van der Waals surface area contributed by atoms with Crippen LogP contribution in [0, 0.1) is 0 Å². The molecule has 1 nitrogen and oxygen atoms in total. The normalized spacial score (nSPS) is 17.4. The van der Waals surface area contributed by atoms with Crippen LogP contribution in [0.4, 0.5) is 0 Å². The second-order valence-electron chi connectivity index (χ2n) is 4.05. The highest BCUT2D eigenvalue weighted by Crippen LogP contribution is 2.41. The Morgan fingerprint density at radius 2 is 2.06 bits per heavy atom. The second kappa shape index (κ2) is 4.34. The summed E-state index contributed by atoms with van der Waals surface area (Å²) in [6.45, 7) is 0. The number of hydrogen-bond donors (Lipinski definition) is 0. The molecule has 0 saturated carbocycles. The van der Waals surface area contributed by atoms with Crippen LogP contribution in [0.15, 0.2) is 38.6 Å². The second-order valence-corrected chi connectivity index (χ2v) is 6.57. The van der Waals surface area contributed by atoms with Crippen molar-refractivity contribution in [2.75, 3.05) is 0 Å². The standard InChI is InChI=1S/C13H8Br2OS/c14-10-6-17-13(11(10)15)12(16)9-5-7-3-1-2-4-8(7)9/h1-4,6,9H,5H2. The van der Waals surface area contributed by atoms with Gasteiger partial charge in [-0.25, -0.2) is 0 Å². The molecule has 0 fully saturated rings. The van der Waals surface area contributed by atoms with E-state index in [0.29, 0.717) is 0 Å². The van der Waals surface area contributed by atoms with Gasteiger partial charge in [0.1, 0.15) is 0 Å². The summed E-state index contributed by atoms with van der Waals surface area (Å²) in [4.78, 5) is 13.2. The summed E-state index contributed by atoms with van der Waals surface area (Å²) in [6.07, 6.45) is 0.872. The molecule has 0 radical (unpaired) electrons. The molecule has 1 unspecified atom stereocenters. The van der Waals surface area contributed by atoms with Crippen LogP contribution in [0.2, 0.25) is 0 Å². The van der Waals surface area contributed by atoms with Crippen molar-refractivity contribution in [1.82, 2.24) is 0 Å². The smallest absolute Gasteiger partial charge is 0.181 e. The van der Waals surface area contributed by atoms with Crippen LogP contribution < -0.4 is 0 Å². The van der Waals surface area contributed by atoms with Crippen LogP contribution in [0.1, 0.15) is 26.7 Å². The number of carbonyl (C=O) groups excluding carboxylic acids is 1. The Morgan fingerprint density at radius 1 is 1.29 bits per heavy atom. The minimum absolute atomic E-state index is 0.0491. The van der Waals surface area contributed by atoms with Gasteiger partial charge in [-0.15, -0.1) is 11.3 Å². The first-order valence-corrected chi connectivity index (χ1v) is 7.69. The molecule has 0 aliphatic heterocycles. The summed E-state index contributed by atoms with van der Waals surface area (Å²) in [5.41, 5.74) is 2.49. The van der Waals surface area contributed by atoms with Gasteiger partial charge in [0.25, 0.3) is 0 Å². The number of rotatable bonds is 2. The van der Waals surface area contributed by atoms with Crippen molar-refractivity contribution < 1.29 is 4.79 Å². The Balaban J connectivity index is 1.94. The van der Waals surface area contributed by atoms with Crippen molar-refractivity contribution >= 4 is 49.0 Å². The van der Waals surface area contributed by atoms with Gasteiger partial charge in [-0.1, -0.05) is 24.3 Å². The SMILES string of the molecule is O=C(c1scc(Br)c1Br)C1Cc2ccccc21. The lowest BCUT2D eigenvalue weighted by Gasteiger charge is -2.28. The van der Waals surface area contributed by atoms with Crippen molar-refractivity contribution in [2.24, 2.45) is 0 Å². The molecule has 3 rings (SSSR count). The van der Waals surface area contributed by atoms with Crippen molar-refractivity contribution in [1.29, 1.82) is 0 Å². The average molecular weight is 372 g/mol. The molecule has 1 aliphatic rings. The van der Waals surface area contributed by atoms with Crippen LogP contribution in [-0.4, -0.2) is 5.78 Å². The number of thiophene rings is 1. The molecule has 2 aromatic rings. The lowest BCUT2D eigenvalue weighted by atomic mass is 9.75. The minimum atomic E-state index is 0.0491. The van der Waals surface area contributed by atoms with Gasteiger partial charge in [0.2, 0.25) is 0 Å². The molecule has 1 aromatic heterocycles. The van der Waals surface area contributed by atoms with Crippen molar-refractivity contribution in [3.05, 3.63) is 54.6 Å². The predicted molar refractivity (Wildman–Crippen MR) is 76.9 cm³/mol. The number of Topliss-reactive ketones (excluding diaryl/α,β-unsaturated/α-hetero) is 1. The van der Waals surface area contributed by atoms with Gasteiger partial charge in [0.05, 0.1) is 15.3 Å². The Kier molecular flexibility index (Phi) is 2.97. The zero-order valence-electron chi connectivity index (χ0n) is 8.74. The topological polar surface area (TPSA) is 17.1 Å². The largest absolute Gasteiger partial charge is 0.293 e. The van der Waals surface area contributed by atoms with E-state index in [1.165, 1.54) is 22.5 Å². The van der Waals surface area contributed by atoms with Gasteiger partial charge in [0, 0.05) is 9.85 Å². The van der Waals surface area contributed by atoms with E-state index in [1.54, 1.807) is 0 Å². The van der Waals surface area contributed by atoms with E-state index in [2.05, 4.69) is 44.0 Å². The van der Waals surface area contributed by atoms with E-state index in [4.69, 9.17) is 0 Å². The molecular formula is C13H8Br2OS. The first kappa shape index (κ1) is 11.6. The predicted octanol–water partition coefficient (Wildman–Crippen LogP) is 4.80. The molecule has 0 N–H and O–H groups in total. The molecule has 17 heavy (non-hydrogen) atoms. The van der Waals surface area contributed by atoms with Gasteiger partial charge < -0.3 is 0 Å². The highest BCUT2D eigenvalue weighted by Gasteiger charge is 2.34. The third kappa shape index (κ3) is 1.83. The zero-order chi connectivity index (χ0) is 12.0. The average Bonchev–Trinajstić information content (AvgIpc) is 2.61. The Labute approximate surface area is 120 Å². The van der Waals surface area contributed by atoms with E-state index >= 15 is 0 Å². The molecule has 1 aromatic carbocycles. The molecule has 0 spiro atoms. The molecule has 86 valence electrons. The van der Waals surface area contributed by atoms with E-state index < -0.39 is 0 Å². The molecule has 0 amide bonds. The molecule has 0 saturated heterocycles. The van der Waals surface area contributed by atoms with Gasteiger partial charge >= 0.3 is 0 Å². The third-order valence-corrected chi connectivity index (χ3v) is 6.63. The van der Waals surface area contributed by atoms with Crippen LogP contribution in [0.5, 0.6) is 0 Å². The maximum absolute atomic E-state index is 12.4. The molecule has 1 atom stereocenters. The first-order valence-electron chi connectivity index (χ1n) is 5.23. The molecule has 1 aliphatic carbocycles. The van der Waals surface area contributed by atoms with Crippen LogP contribution in [0.25, 0.3) is 0 Å². The zero-order valence-corrected chi connectivity index (χ0v) is 12.7. The summed E-state index contributed by atoms with van der Waals surface area (Å²) in [6, 6.07) is 8.17. The van der Waals surface area contributed by atoms with Crippen molar-refractivity contribution in [2.45, 2.75) is 12.3 Å². The summed E-state index contributed by atoms with van der Waals surface area (Å²) in [5, 5.41) is 1.95. The number of ketones is 1. The number of carbonyl (C=O) groups is 1. The maximum Gasteiger partial charge on any atom is 0.181 e. The minimum Gasteiger partial charge on any atom is -0.293 e. The molecule has 4 heteroatoms. The van der Waals surface area contributed by atoms with Crippen molar-refractivity contribution in [3.63, 3.8) is 0 Å². The Bertz CT molecular complexity index is 603. The summed E-state index contributed by atoms with van der Waals surface area (Å²) in [5.74, 6) is 0.277. The van der Waals surface area contributed by atoms with E-state index in [0.717, 1.165) is 20.2 Å². The fourth-order valence-corrected chi connectivity index (χ4v) is 4.30. The summed E-state index contributed by atoms with van der Waals surface area (Å²) < 4.78 is 1.84. The van der Waals surface area contributed by atoms with E-state index in [1.807, 2.05) is 17.5 Å². The van der Waals surface area contributed by atoms with Gasteiger partial charge in [-0.05, 0) is 49.4 Å². The highest BCUT2D eigenvalue weighted by atomic mass is 79.9. The lowest BCUT2D eigenvalue weighted by molar-refractivity contribution is 0.0952. The fraction of sp³-hybridized carbons (Fsp3) is 0.154. The quantitative estimate of drug-likeness (QED) is 0.693. The van der Waals surface area contributed by atoms with Crippen LogP contribution >= 0.6 is 43.2 Å². The number of fused-ring (bicyclic) bond motifs is 1. The van der Waals surface area contributed by atoms with Gasteiger partial charge in [-0.3, -0.25) is 4.79 Å². The summed E-state index contributed by atoms with van der Waals surface area (Å²) in [7, 11) is 0. The monoisotopic (exact) mass is 370 g/mol. The molecule has 1 heterocycles. The maximum atomic E-state index is 12.4. The number of benzene rings is 1. The third-order valence-electron chi connectivity index (χ3n) is 3.08. The number of halogens is 2. The fourth-order valence-electron chi connectivity index (χ4n) is 2.14. The van der Waals surface area contributed by atoms with Gasteiger partial charge in [-0.2, -0.15) is 0 Å². The Hall–Kier alpha value is -0.450. The van der Waals surface area contributed by atoms with Crippen LogP contribution in [0.3, 0.4) is 0 Å². The molecular weight excluding hydrogens is 364 g/mol. The van der Waals surface area contributed by atoms with Crippen LogP contribution in [-0.2, 0) is 6.42 Å². The molecule has 0 bridgehead atoms. The first-order chi connectivity index (χ1) is 8.18. The van der Waals surface area contributed by atoms with Gasteiger partial charge in [0.15, 0.2) is 5.78 Å². The highest BCUT2D eigenvalue weighted by molar-refractivity contribution is 9.13. The number of hydrogen-bond acceptors (Lipinski definition) is 2. The Morgan fingerprint density at radius 3 is 2.71 bits per heavy atom. The van der Waals surface area contributed by atoms with Crippen molar-refractivity contribution in [3.8, 4) is 0 Å². The lowest BCUT2D eigenvalue weighted by Crippen LogP contribution is -2.24. The summed E-state index contributed by atoms with van der Waals surface area (Å²) >= 11 is 8.36. The van der Waals surface area contributed by atoms with E-state index in [9.17, 15) is 4.79 Å². The van der Waals surface area contributed by atoms with E-state index in [-0.39, 0.29) is 11.7 Å².